The van der Waals surface area contributed by atoms with Crippen molar-refractivity contribution in [1.29, 1.82) is 0 Å². The van der Waals surface area contributed by atoms with Gasteiger partial charge < -0.3 is 15.6 Å². The highest BCUT2D eigenvalue weighted by Gasteiger charge is 2.16. The van der Waals surface area contributed by atoms with Crippen molar-refractivity contribution in [2.24, 2.45) is 5.92 Å². The summed E-state index contributed by atoms with van der Waals surface area (Å²) in [4.78, 5) is 27.0. The van der Waals surface area contributed by atoms with E-state index in [9.17, 15) is 9.59 Å². The number of amides is 1. The third-order valence-electron chi connectivity index (χ3n) is 4.02. The van der Waals surface area contributed by atoms with Crippen molar-refractivity contribution in [2.75, 3.05) is 19.6 Å². The number of hydrogen-bond acceptors (Lipinski definition) is 3. The van der Waals surface area contributed by atoms with Gasteiger partial charge in [-0.25, -0.2) is 0 Å². The van der Waals surface area contributed by atoms with E-state index in [1.54, 1.807) is 0 Å². The Kier molecular flexibility index (Phi) is 6.21. The van der Waals surface area contributed by atoms with Crippen LogP contribution in [0, 0.1) is 5.92 Å². The normalized spacial score (nSPS) is 17.5. The lowest BCUT2D eigenvalue weighted by atomic mass is 9.99. The van der Waals surface area contributed by atoms with E-state index < -0.39 is 0 Å². The monoisotopic (exact) mass is 399 g/mol. The average Bonchev–Trinajstić information content (AvgIpc) is 2.54. The molecular formula is C16H19BrClN3O2. The quantitative estimate of drug-likeness (QED) is 0.741. The molecule has 1 aliphatic heterocycles. The average molecular weight is 401 g/mol. The minimum atomic E-state index is -0.274. The smallest absolute Gasteiger partial charge is 0.252 e. The van der Waals surface area contributed by atoms with Crippen molar-refractivity contribution >= 4 is 45.1 Å². The highest BCUT2D eigenvalue weighted by atomic mass is 79.9. The molecule has 2 aromatic rings. The van der Waals surface area contributed by atoms with E-state index in [0.717, 1.165) is 35.8 Å². The van der Waals surface area contributed by atoms with Crippen LogP contribution in [0.2, 0.25) is 0 Å². The summed E-state index contributed by atoms with van der Waals surface area (Å²) >= 11 is 3.41. The van der Waals surface area contributed by atoms with E-state index in [-0.39, 0.29) is 23.9 Å². The summed E-state index contributed by atoms with van der Waals surface area (Å²) in [7, 11) is 0. The molecule has 124 valence electrons. The first kappa shape index (κ1) is 18.0. The van der Waals surface area contributed by atoms with E-state index in [0.29, 0.717) is 23.5 Å². The van der Waals surface area contributed by atoms with E-state index in [1.807, 2.05) is 18.2 Å². The molecule has 0 bridgehead atoms. The van der Waals surface area contributed by atoms with Crippen LogP contribution in [-0.4, -0.2) is 30.5 Å². The molecule has 1 fully saturated rings. The molecule has 3 rings (SSSR count). The maximum absolute atomic E-state index is 12.5. The lowest BCUT2D eigenvalue weighted by molar-refractivity contribution is 0.0946. The van der Waals surface area contributed by atoms with Gasteiger partial charge in [0.2, 0.25) is 5.56 Å². The van der Waals surface area contributed by atoms with Gasteiger partial charge in [-0.3, -0.25) is 9.59 Å². The molecule has 1 aromatic carbocycles. The number of H-pyrrole nitrogens is 1. The Balaban J connectivity index is 0.00000192. The lowest BCUT2D eigenvalue weighted by Crippen LogP contribution is -2.38. The molecule has 0 spiro atoms. The van der Waals surface area contributed by atoms with E-state index in [1.165, 1.54) is 6.07 Å². The molecular weight excluding hydrogens is 382 g/mol. The van der Waals surface area contributed by atoms with Gasteiger partial charge >= 0.3 is 0 Å². The first-order valence-corrected chi connectivity index (χ1v) is 8.25. The molecule has 7 heteroatoms. The van der Waals surface area contributed by atoms with Crippen LogP contribution < -0.4 is 16.2 Å². The molecule has 0 saturated carbocycles. The maximum atomic E-state index is 12.5. The van der Waals surface area contributed by atoms with Crippen LogP contribution in [-0.2, 0) is 0 Å². The predicted molar refractivity (Wildman–Crippen MR) is 97.4 cm³/mol. The van der Waals surface area contributed by atoms with Gasteiger partial charge in [-0.15, -0.1) is 12.4 Å². The number of rotatable bonds is 3. The summed E-state index contributed by atoms with van der Waals surface area (Å²) in [6, 6.07) is 6.90. The summed E-state index contributed by atoms with van der Waals surface area (Å²) in [5.74, 6) is 0.262. The fourth-order valence-electron chi connectivity index (χ4n) is 2.86. The van der Waals surface area contributed by atoms with Gasteiger partial charge in [-0.1, -0.05) is 12.1 Å². The third kappa shape index (κ3) is 4.13. The summed E-state index contributed by atoms with van der Waals surface area (Å²) in [5, 5.41) is 7.04. The maximum Gasteiger partial charge on any atom is 0.252 e. The van der Waals surface area contributed by atoms with Crippen LogP contribution in [0.3, 0.4) is 0 Å². The van der Waals surface area contributed by atoms with Gasteiger partial charge in [0, 0.05) is 22.5 Å². The van der Waals surface area contributed by atoms with Gasteiger partial charge in [-0.05, 0) is 53.8 Å². The van der Waals surface area contributed by atoms with Crippen LogP contribution in [0.4, 0.5) is 0 Å². The molecule has 1 aliphatic rings. The van der Waals surface area contributed by atoms with Gasteiger partial charge in [0.25, 0.3) is 5.91 Å². The number of aromatic nitrogens is 1. The predicted octanol–water partition coefficient (Wildman–Crippen LogP) is 2.44. The molecule has 2 heterocycles. The summed E-state index contributed by atoms with van der Waals surface area (Å²) in [5.41, 5.74) is 0.798. The van der Waals surface area contributed by atoms with Crippen molar-refractivity contribution in [2.45, 2.75) is 12.8 Å². The first-order valence-electron chi connectivity index (χ1n) is 7.45. The molecule has 1 atom stereocenters. The number of piperidine rings is 1. The number of carbonyl (C=O) groups is 1. The third-order valence-corrected chi connectivity index (χ3v) is 4.68. The molecule has 3 N–H and O–H groups in total. The van der Waals surface area contributed by atoms with Crippen LogP contribution in [0.15, 0.2) is 33.5 Å². The number of para-hydroxylation sites is 1. The minimum Gasteiger partial charge on any atom is -0.352 e. The molecule has 1 aromatic heterocycles. The molecule has 1 amide bonds. The zero-order chi connectivity index (χ0) is 15.5. The molecule has 0 radical (unpaired) electrons. The van der Waals surface area contributed by atoms with Crippen molar-refractivity contribution in [3.05, 3.63) is 44.7 Å². The van der Waals surface area contributed by atoms with Gasteiger partial charge in [0.1, 0.15) is 0 Å². The zero-order valence-corrected chi connectivity index (χ0v) is 14.9. The number of carbonyl (C=O) groups excluding carboxylic acids is 1. The fraction of sp³-hybridized carbons (Fsp3) is 0.375. The standard InChI is InChI=1S/C16H18BrN3O2.ClH/c17-13-5-1-4-11-12(7-14(21)20-15(11)13)16(22)19-9-10-3-2-6-18-8-10;/h1,4-5,7,10,18H,2-3,6,8-9H2,(H,19,22)(H,20,21);1H. The molecule has 0 aliphatic carbocycles. The zero-order valence-electron chi connectivity index (χ0n) is 12.5. The Labute approximate surface area is 148 Å². The number of benzene rings is 1. The Morgan fingerprint density at radius 3 is 2.96 bits per heavy atom. The number of nitrogens with one attached hydrogen (secondary N) is 3. The molecule has 1 unspecified atom stereocenters. The Bertz CT molecular complexity index is 757. The molecule has 5 nitrogen and oxygen atoms in total. The molecule has 1 saturated heterocycles. The Morgan fingerprint density at radius 1 is 1.39 bits per heavy atom. The highest BCUT2D eigenvalue weighted by Crippen LogP contribution is 2.23. The number of fused-ring (bicyclic) bond motifs is 1. The number of aromatic amines is 1. The van der Waals surface area contributed by atoms with Crippen molar-refractivity contribution in [1.82, 2.24) is 15.6 Å². The molecule has 23 heavy (non-hydrogen) atoms. The first-order chi connectivity index (χ1) is 10.6. The van der Waals surface area contributed by atoms with Crippen molar-refractivity contribution in [3.63, 3.8) is 0 Å². The Hall–Kier alpha value is -1.37. The van der Waals surface area contributed by atoms with Crippen LogP contribution >= 0.6 is 28.3 Å². The summed E-state index contributed by atoms with van der Waals surface area (Å²) in [6.45, 7) is 2.62. The largest absolute Gasteiger partial charge is 0.352 e. The second-order valence-corrected chi connectivity index (χ2v) is 6.49. The summed E-state index contributed by atoms with van der Waals surface area (Å²) in [6.07, 6.45) is 2.26. The highest BCUT2D eigenvalue weighted by molar-refractivity contribution is 9.10. The Morgan fingerprint density at radius 2 is 2.22 bits per heavy atom. The lowest BCUT2D eigenvalue weighted by Gasteiger charge is -2.23. The van der Waals surface area contributed by atoms with Crippen LogP contribution in [0.25, 0.3) is 10.9 Å². The van der Waals surface area contributed by atoms with Gasteiger partial charge in [0.15, 0.2) is 0 Å². The van der Waals surface area contributed by atoms with Crippen molar-refractivity contribution in [3.8, 4) is 0 Å². The fourth-order valence-corrected chi connectivity index (χ4v) is 3.33. The van der Waals surface area contributed by atoms with Gasteiger partial charge in [-0.2, -0.15) is 0 Å². The summed E-state index contributed by atoms with van der Waals surface area (Å²) < 4.78 is 0.772. The second kappa shape index (κ2) is 7.95. The van der Waals surface area contributed by atoms with Crippen LogP contribution in [0.5, 0.6) is 0 Å². The SMILES string of the molecule is Cl.O=C(NCC1CCCNC1)c1cc(=O)[nH]c2c(Br)cccc12. The number of halogens is 2. The minimum absolute atomic E-state index is 0. The topological polar surface area (TPSA) is 74.0 Å². The van der Waals surface area contributed by atoms with E-state index in [2.05, 4.69) is 31.5 Å². The second-order valence-electron chi connectivity index (χ2n) is 5.63. The van der Waals surface area contributed by atoms with E-state index in [4.69, 9.17) is 0 Å². The van der Waals surface area contributed by atoms with Crippen molar-refractivity contribution < 1.29 is 4.79 Å². The number of pyridine rings is 1. The van der Waals surface area contributed by atoms with Gasteiger partial charge in [0.05, 0.1) is 11.1 Å². The number of hydrogen-bond donors (Lipinski definition) is 3. The van der Waals surface area contributed by atoms with Crippen LogP contribution in [0.1, 0.15) is 23.2 Å². The van der Waals surface area contributed by atoms with E-state index >= 15 is 0 Å².